The summed E-state index contributed by atoms with van der Waals surface area (Å²) in [5.74, 6) is 0. The Morgan fingerprint density at radius 1 is 1.08 bits per heavy atom. The molecule has 0 rings (SSSR count). The van der Waals surface area contributed by atoms with Crippen molar-refractivity contribution in [3.8, 4) is 0 Å². The summed E-state index contributed by atoms with van der Waals surface area (Å²) in [6.07, 6.45) is -0.632. The van der Waals surface area contributed by atoms with Crippen LogP contribution in [-0.2, 0) is 8.92 Å². The van der Waals surface area contributed by atoms with E-state index >= 15 is 0 Å². The Morgan fingerprint density at radius 3 is 1.85 bits per heavy atom. The van der Waals surface area contributed by atoms with Gasteiger partial charge in [0.2, 0.25) is 0 Å². The molecule has 3 nitrogen and oxygen atoms in total. The zero-order valence-electron chi connectivity index (χ0n) is 9.13. The van der Waals surface area contributed by atoms with Crippen LogP contribution in [-0.4, -0.2) is 16.5 Å². The molecule has 0 aromatic heterocycles. The number of hydrogen-bond acceptors (Lipinski definition) is 4. The molecular weight excluding hydrogens is 188 g/mol. The molecule has 0 aliphatic carbocycles. The summed E-state index contributed by atoms with van der Waals surface area (Å²) in [6.45, 7) is 11.3. The van der Waals surface area contributed by atoms with Crippen LogP contribution in [0.1, 0.15) is 41.5 Å². The van der Waals surface area contributed by atoms with E-state index in [0.717, 1.165) is 12.0 Å². The van der Waals surface area contributed by atoms with Gasteiger partial charge < -0.3 is 8.92 Å². The van der Waals surface area contributed by atoms with Gasteiger partial charge in [0.15, 0.2) is 0 Å². The summed E-state index contributed by atoms with van der Waals surface area (Å²) in [6, 6.07) is 0. The molecule has 0 N–H and O–H groups in total. The summed E-state index contributed by atoms with van der Waals surface area (Å²) < 4.78 is 9.69. The highest BCUT2D eigenvalue weighted by Crippen LogP contribution is 2.25. The van der Waals surface area contributed by atoms with Crippen LogP contribution in [0, 0.1) is 0 Å². The first kappa shape index (κ1) is 12.6. The minimum Gasteiger partial charge on any atom is -0.428 e. The predicted molar refractivity (Wildman–Crippen MR) is 54.7 cm³/mol. The van der Waals surface area contributed by atoms with Gasteiger partial charge in [0, 0.05) is 4.75 Å². The summed E-state index contributed by atoms with van der Waals surface area (Å²) in [7, 11) is 0. The highest BCUT2D eigenvalue weighted by Gasteiger charge is 2.21. The monoisotopic (exact) mass is 206 g/mol. The molecule has 13 heavy (non-hydrogen) atoms. The zero-order valence-corrected chi connectivity index (χ0v) is 9.95. The third-order valence-corrected chi connectivity index (χ3v) is 1.47. The molecule has 0 bridgehead atoms. The average molecular weight is 206 g/mol. The maximum atomic E-state index is 11.0. The Labute approximate surface area is 84.4 Å². The van der Waals surface area contributed by atoms with Gasteiger partial charge in [0.1, 0.15) is 5.60 Å². The molecule has 0 saturated carbocycles. The third kappa shape index (κ3) is 9.53. The lowest BCUT2D eigenvalue weighted by Gasteiger charge is -2.20. The molecule has 0 amide bonds. The van der Waals surface area contributed by atoms with Crippen molar-refractivity contribution in [2.24, 2.45) is 0 Å². The van der Waals surface area contributed by atoms with E-state index in [0.29, 0.717) is 0 Å². The number of rotatable bonds is 1. The molecular formula is C9H18O3S. The Bertz CT molecular complexity index is 176. The van der Waals surface area contributed by atoms with Crippen molar-refractivity contribution in [2.45, 2.75) is 51.9 Å². The second-order valence-corrected chi connectivity index (χ2v) is 6.30. The van der Waals surface area contributed by atoms with Crippen LogP contribution in [0.5, 0.6) is 0 Å². The van der Waals surface area contributed by atoms with Gasteiger partial charge in [0.05, 0.1) is 12.0 Å². The van der Waals surface area contributed by atoms with Crippen LogP contribution >= 0.6 is 12.0 Å². The van der Waals surface area contributed by atoms with Gasteiger partial charge in [-0.25, -0.2) is 4.79 Å². The topological polar surface area (TPSA) is 35.5 Å². The SMILES string of the molecule is CC(C)(C)OC(=O)OSC(C)(C)C. The van der Waals surface area contributed by atoms with Crippen LogP contribution in [0.25, 0.3) is 0 Å². The Balaban J connectivity index is 3.78. The normalized spacial score (nSPS) is 12.5. The van der Waals surface area contributed by atoms with Crippen molar-refractivity contribution >= 4 is 18.2 Å². The lowest BCUT2D eigenvalue weighted by atomic mass is 10.2. The minimum atomic E-state index is -0.632. The quantitative estimate of drug-likeness (QED) is 0.486. The Kier molecular flexibility index (Phi) is 4.10. The maximum absolute atomic E-state index is 11.0. The van der Waals surface area contributed by atoms with Gasteiger partial charge >= 0.3 is 6.16 Å². The Morgan fingerprint density at radius 2 is 1.54 bits per heavy atom. The van der Waals surface area contributed by atoms with E-state index in [9.17, 15) is 4.79 Å². The molecule has 0 aliphatic rings. The van der Waals surface area contributed by atoms with Crippen molar-refractivity contribution < 1.29 is 13.7 Å². The Hall–Kier alpha value is -0.380. The second kappa shape index (κ2) is 4.22. The fourth-order valence-corrected chi connectivity index (χ4v) is 0.778. The highest BCUT2D eigenvalue weighted by molar-refractivity contribution is 7.96. The molecule has 0 spiro atoms. The molecule has 0 atom stereocenters. The average Bonchev–Trinajstić information content (AvgIpc) is 1.78. The van der Waals surface area contributed by atoms with Crippen LogP contribution in [0.15, 0.2) is 0 Å². The summed E-state index contributed by atoms with van der Waals surface area (Å²) >= 11 is 1.11. The molecule has 0 saturated heterocycles. The van der Waals surface area contributed by atoms with E-state index in [1.54, 1.807) is 20.8 Å². The predicted octanol–water partition coefficient (Wildman–Crippen LogP) is 3.38. The molecule has 4 heteroatoms. The first-order chi connectivity index (χ1) is 5.60. The first-order valence-corrected chi connectivity index (χ1v) is 4.93. The maximum Gasteiger partial charge on any atom is 0.521 e. The molecule has 78 valence electrons. The number of hydrogen-bond donors (Lipinski definition) is 0. The van der Waals surface area contributed by atoms with Gasteiger partial charge in [-0.3, -0.25) is 0 Å². The molecule has 0 heterocycles. The standard InChI is InChI=1S/C9H18O3S/c1-8(2,3)11-7(10)12-13-9(4,5)6/h1-6H3. The van der Waals surface area contributed by atoms with Crippen molar-refractivity contribution in [2.75, 3.05) is 0 Å². The highest BCUT2D eigenvalue weighted by atomic mass is 32.2. The molecule has 0 aliphatic heterocycles. The molecule has 0 fully saturated rings. The van der Waals surface area contributed by atoms with E-state index in [2.05, 4.69) is 0 Å². The van der Waals surface area contributed by atoms with Crippen molar-refractivity contribution in [1.82, 2.24) is 0 Å². The van der Waals surface area contributed by atoms with E-state index in [1.807, 2.05) is 20.8 Å². The number of carbonyl (C=O) groups is 1. The minimum absolute atomic E-state index is 0.100. The van der Waals surface area contributed by atoms with Crippen molar-refractivity contribution in [1.29, 1.82) is 0 Å². The van der Waals surface area contributed by atoms with Gasteiger partial charge in [-0.2, -0.15) is 0 Å². The van der Waals surface area contributed by atoms with E-state index in [1.165, 1.54) is 0 Å². The smallest absolute Gasteiger partial charge is 0.428 e. The first-order valence-electron chi connectivity index (χ1n) is 4.19. The summed E-state index contributed by atoms with van der Waals surface area (Å²) in [5, 5.41) is 0. The fraction of sp³-hybridized carbons (Fsp3) is 0.889. The lowest BCUT2D eigenvalue weighted by Crippen LogP contribution is -2.24. The van der Waals surface area contributed by atoms with Crippen LogP contribution < -0.4 is 0 Å². The summed E-state index contributed by atoms with van der Waals surface area (Å²) in [4.78, 5) is 11.0. The van der Waals surface area contributed by atoms with E-state index in [-0.39, 0.29) is 4.75 Å². The second-order valence-electron chi connectivity index (χ2n) is 4.74. The van der Waals surface area contributed by atoms with Crippen LogP contribution in [0.3, 0.4) is 0 Å². The van der Waals surface area contributed by atoms with Crippen molar-refractivity contribution in [3.63, 3.8) is 0 Å². The number of ether oxygens (including phenoxy) is 1. The van der Waals surface area contributed by atoms with Gasteiger partial charge in [-0.1, -0.05) is 0 Å². The zero-order chi connectivity index (χ0) is 10.7. The molecule has 0 aromatic rings. The van der Waals surface area contributed by atoms with E-state index in [4.69, 9.17) is 8.92 Å². The van der Waals surface area contributed by atoms with Crippen LogP contribution in [0.4, 0.5) is 4.79 Å². The number of carbonyl (C=O) groups excluding carboxylic acids is 1. The van der Waals surface area contributed by atoms with Crippen molar-refractivity contribution in [3.05, 3.63) is 0 Å². The van der Waals surface area contributed by atoms with Gasteiger partial charge in [-0.15, -0.1) is 0 Å². The van der Waals surface area contributed by atoms with Crippen LogP contribution in [0.2, 0.25) is 0 Å². The third-order valence-electron chi connectivity index (χ3n) is 0.749. The lowest BCUT2D eigenvalue weighted by molar-refractivity contribution is 0.0246. The largest absolute Gasteiger partial charge is 0.521 e. The van der Waals surface area contributed by atoms with Gasteiger partial charge in [-0.05, 0) is 41.5 Å². The van der Waals surface area contributed by atoms with Gasteiger partial charge in [0.25, 0.3) is 0 Å². The summed E-state index contributed by atoms with van der Waals surface area (Å²) in [5.41, 5.74) is -0.491. The molecule has 0 aromatic carbocycles. The molecule has 0 unspecified atom stereocenters. The molecule has 0 radical (unpaired) electrons. The van der Waals surface area contributed by atoms with E-state index < -0.39 is 11.8 Å². The fourth-order valence-electron chi connectivity index (χ4n) is 0.426.